The molecule has 3 aliphatic rings. The number of halogens is 1. The van der Waals surface area contributed by atoms with E-state index in [1.165, 1.54) is 11.1 Å². The highest BCUT2D eigenvalue weighted by Crippen LogP contribution is 2.43. The topological polar surface area (TPSA) is 53.1 Å². The van der Waals surface area contributed by atoms with Gasteiger partial charge in [0.15, 0.2) is 0 Å². The van der Waals surface area contributed by atoms with Crippen LogP contribution >= 0.6 is 15.9 Å². The normalized spacial score (nSPS) is 22.2. The van der Waals surface area contributed by atoms with Gasteiger partial charge in [0.05, 0.1) is 18.9 Å². The number of hydrogen-bond acceptors (Lipinski definition) is 4. The lowest BCUT2D eigenvalue weighted by Gasteiger charge is -2.39. The molecule has 7 heteroatoms. The first kappa shape index (κ1) is 28.9. The molecule has 0 N–H and O–H groups in total. The van der Waals surface area contributed by atoms with Crippen LogP contribution < -0.4 is 4.74 Å². The van der Waals surface area contributed by atoms with Crippen molar-refractivity contribution in [2.45, 2.75) is 38.1 Å². The van der Waals surface area contributed by atoms with E-state index in [-0.39, 0.29) is 11.3 Å². The summed E-state index contributed by atoms with van der Waals surface area (Å²) in [7, 11) is 1.66. The Balaban J connectivity index is 1.09. The van der Waals surface area contributed by atoms with Crippen molar-refractivity contribution >= 4 is 27.7 Å². The zero-order valence-electron chi connectivity index (χ0n) is 24.4. The van der Waals surface area contributed by atoms with E-state index in [1.54, 1.807) is 7.11 Å². The largest absolute Gasteiger partial charge is 0.496 e. The number of amides is 2. The number of methoxy groups -OCH3 is 1. The fraction of sp³-hybridized carbons (Fsp3) is 0.429. The van der Waals surface area contributed by atoms with Crippen molar-refractivity contribution in [3.63, 3.8) is 0 Å². The van der Waals surface area contributed by atoms with Crippen LogP contribution in [0.25, 0.3) is 0 Å². The van der Waals surface area contributed by atoms with Crippen molar-refractivity contribution in [2.24, 2.45) is 11.3 Å². The predicted octanol–water partition coefficient (Wildman–Crippen LogP) is 5.76. The summed E-state index contributed by atoms with van der Waals surface area (Å²) in [4.78, 5) is 33.8. The highest BCUT2D eigenvalue weighted by molar-refractivity contribution is 9.10. The summed E-state index contributed by atoms with van der Waals surface area (Å²) in [5.74, 6) is 1.92. The van der Waals surface area contributed by atoms with Crippen LogP contribution in [0.5, 0.6) is 5.75 Å². The van der Waals surface area contributed by atoms with Crippen LogP contribution in [0, 0.1) is 11.3 Å². The number of carbonyl (C=O) groups excluding carboxylic acids is 2. The van der Waals surface area contributed by atoms with Gasteiger partial charge in [-0.3, -0.25) is 9.59 Å². The lowest BCUT2D eigenvalue weighted by atomic mass is 9.76. The van der Waals surface area contributed by atoms with Gasteiger partial charge in [0.25, 0.3) is 0 Å². The molecule has 0 radical (unpaired) electrons. The monoisotopic (exact) mass is 629 g/mol. The fourth-order valence-corrected chi connectivity index (χ4v) is 7.54. The van der Waals surface area contributed by atoms with E-state index in [0.717, 1.165) is 74.3 Å². The van der Waals surface area contributed by atoms with Gasteiger partial charge in [0.1, 0.15) is 5.75 Å². The van der Waals surface area contributed by atoms with Gasteiger partial charge >= 0.3 is 0 Å². The van der Waals surface area contributed by atoms with Gasteiger partial charge in [0, 0.05) is 48.7 Å². The molecule has 3 aliphatic heterocycles. The summed E-state index contributed by atoms with van der Waals surface area (Å²) in [5.41, 5.74) is 3.20. The maximum absolute atomic E-state index is 13.6. The SMILES string of the molecule is COc1ccccc1CC(=O)N1C[C@H](CN2CCC3(CC2)CCN(Cc2ccc(Br)cc2)C3=O)[C@@H](c2ccccc2)C1. The van der Waals surface area contributed by atoms with Gasteiger partial charge < -0.3 is 19.4 Å². The number of para-hydroxylation sites is 1. The number of benzene rings is 3. The lowest BCUT2D eigenvalue weighted by molar-refractivity contribution is -0.139. The molecule has 1 spiro atoms. The van der Waals surface area contributed by atoms with E-state index in [1.807, 2.05) is 36.4 Å². The Morgan fingerprint density at radius 1 is 0.905 bits per heavy atom. The highest BCUT2D eigenvalue weighted by atomic mass is 79.9. The Bertz CT molecular complexity index is 1390. The molecule has 220 valence electrons. The van der Waals surface area contributed by atoms with Crippen LogP contribution in [0.4, 0.5) is 0 Å². The minimum absolute atomic E-state index is 0.156. The highest BCUT2D eigenvalue weighted by Gasteiger charge is 2.48. The van der Waals surface area contributed by atoms with Crippen LogP contribution in [0.2, 0.25) is 0 Å². The van der Waals surface area contributed by atoms with Gasteiger partial charge in [-0.25, -0.2) is 0 Å². The van der Waals surface area contributed by atoms with Crippen LogP contribution in [0.3, 0.4) is 0 Å². The zero-order valence-corrected chi connectivity index (χ0v) is 26.0. The summed E-state index contributed by atoms with van der Waals surface area (Å²) >= 11 is 3.50. The van der Waals surface area contributed by atoms with Crippen molar-refractivity contribution < 1.29 is 14.3 Å². The second-order valence-corrected chi connectivity index (χ2v) is 13.2. The molecular weight excluding hydrogens is 590 g/mol. The van der Waals surface area contributed by atoms with Crippen molar-refractivity contribution in [3.05, 3.63) is 100 Å². The Kier molecular flexibility index (Phi) is 8.68. The first-order valence-corrected chi connectivity index (χ1v) is 15.9. The van der Waals surface area contributed by atoms with Gasteiger partial charge in [-0.05, 0) is 67.6 Å². The average molecular weight is 631 g/mol. The molecule has 6 rings (SSSR count). The quantitative estimate of drug-likeness (QED) is 0.318. The summed E-state index contributed by atoms with van der Waals surface area (Å²) in [6.45, 7) is 5.86. The van der Waals surface area contributed by atoms with Crippen LogP contribution in [-0.2, 0) is 22.6 Å². The molecule has 0 bridgehead atoms. The second kappa shape index (κ2) is 12.6. The Morgan fingerprint density at radius 3 is 2.33 bits per heavy atom. The molecule has 3 aromatic carbocycles. The molecular formula is C35H40BrN3O3. The average Bonchev–Trinajstić information content (AvgIpc) is 3.57. The number of likely N-dealkylation sites (tertiary alicyclic amines) is 3. The van der Waals surface area contributed by atoms with E-state index in [9.17, 15) is 9.59 Å². The number of rotatable bonds is 8. The maximum atomic E-state index is 13.6. The summed E-state index contributed by atoms with van der Waals surface area (Å²) in [5, 5.41) is 0. The maximum Gasteiger partial charge on any atom is 0.229 e. The van der Waals surface area contributed by atoms with Gasteiger partial charge in [-0.15, -0.1) is 0 Å². The van der Waals surface area contributed by atoms with E-state index >= 15 is 0 Å². The van der Waals surface area contributed by atoms with Crippen LogP contribution in [-0.4, -0.2) is 72.9 Å². The van der Waals surface area contributed by atoms with Crippen LogP contribution in [0.15, 0.2) is 83.3 Å². The van der Waals surface area contributed by atoms with E-state index < -0.39 is 0 Å². The van der Waals surface area contributed by atoms with Crippen molar-refractivity contribution in [1.29, 1.82) is 0 Å². The Morgan fingerprint density at radius 2 is 1.60 bits per heavy atom. The molecule has 42 heavy (non-hydrogen) atoms. The van der Waals surface area contributed by atoms with Gasteiger partial charge in [-0.1, -0.05) is 76.6 Å². The molecule has 0 aliphatic carbocycles. The minimum atomic E-state index is -0.211. The summed E-state index contributed by atoms with van der Waals surface area (Å²) in [6.07, 6.45) is 3.14. The molecule has 0 saturated carbocycles. The lowest BCUT2D eigenvalue weighted by Crippen LogP contribution is -2.46. The smallest absolute Gasteiger partial charge is 0.229 e. The number of ether oxygens (including phenoxy) is 1. The first-order chi connectivity index (χ1) is 20.4. The number of hydrogen-bond donors (Lipinski definition) is 0. The van der Waals surface area contributed by atoms with E-state index in [4.69, 9.17) is 4.74 Å². The third kappa shape index (κ3) is 6.13. The second-order valence-electron chi connectivity index (χ2n) is 12.2. The minimum Gasteiger partial charge on any atom is -0.496 e. The van der Waals surface area contributed by atoms with Gasteiger partial charge in [-0.2, -0.15) is 0 Å². The van der Waals surface area contributed by atoms with Crippen molar-refractivity contribution in [1.82, 2.24) is 14.7 Å². The molecule has 0 aromatic heterocycles. The molecule has 3 fully saturated rings. The molecule has 2 atom stereocenters. The Hall–Kier alpha value is -3.16. The molecule has 6 nitrogen and oxygen atoms in total. The molecule has 2 amide bonds. The number of nitrogens with zero attached hydrogens (tertiary/aromatic N) is 3. The summed E-state index contributed by atoms with van der Waals surface area (Å²) in [6, 6.07) is 26.7. The van der Waals surface area contributed by atoms with Crippen molar-refractivity contribution in [3.8, 4) is 5.75 Å². The summed E-state index contributed by atoms with van der Waals surface area (Å²) < 4.78 is 6.56. The molecule has 3 heterocycles. The molecule has 0 unspecified atom stereocenters. The van der Waals surface area contributed by atoms with E-state index in [2.05, 4.69) is 73.1 Å². The Labute approximate surface area is 257 Å². The third-order valence-corrected chi connectivity index (χ3v) is 10.3. The fourth-order valence-electron chi connectivity index (χ4n) is 7.27. The number of carbonyl (C=O) groups is 2. The van der Waals surface area contributed by atoms with E-state index in [0.29, 0.717) is 30.7 Å². The van der Waals surface area contributed by atoms with Gasteiger partial charge in [0.2, 0.25) is 11.8 Å². The number of piperidine rings is 1. The zero-order chi connectivity index (χ0) is 29.1. The van der Waals surface area contributed by atoms with Crippen molar-refractivity contribution in [2.75, 3.05) is 46.4 Å². The third-order valence-electron chi connectivity index (χ3n) is 9.75. The standard InChI is InChI=1S/C35H40BrN3O3/c1-42-32-10-6-5-9-28(32)21-33(40)39-24-29(31(25-39)27-7-3-2-4-8-27)23-37-18-15-35(16-19-37)17-20-38(34(35)41)22-26-11-13-30(36)14-12-26/h2-14,29,31H,15-25H2,1H3/t29-,31+/m0/s1. The predicted molar refractivity (Wildman–Crippen MR) is 168 cm³/mol. The molecule has 3 saturated heterocycles. The first-order valence-electron chi connectivity index (χ1n) is 15.1. The van der Waals surface area contributed by atoms with Crippen LogP contribution in [0.1, 0.15) is 41.9 Å². The molecule has 3 aromatic rings.